The first kappa shape index (κ1) is 54.0. The average molecular weight is 1310 g/mol. The number of hydrogen-bond donors (Lipinski definition) is 0. The van der Waals surface area contributed by atoms with Gasteiger partial charge in [-0.25, -0.2) is 15.0 Å². The summed E-state index contributed by atoms with van der Waals surface area (Å²) in [6.07, 6.45) is 0. The maximum atomic E-state index is 5.86. The molecule has 0 amide bonds. The Morgan fingerprint density at radius 3 is 1.24 bits per heavy atom. The molecule has 16 aromatic carbocycles. The van der Waals surface area contributed by atoms with Gasteiger partial charge in [-0.3, -0.25) is 13.7 Å². The fourth-order valence-corrected chi connectivity index (χ4v) is 18.7. The largest absolute Gasteiger partial charge is 0.307 e. The molecule has 0 unspecified atom stereocenters. The quantitative estimate of drug-likeness (QED) is 0.172. The summed E-state index contributed by atoms with van der Waals surface area (Å²) in [4.78, 5) is 22.6. The molecule has 103 heavy (non-hydrogen) atoms. The molecule has 0 saturated carbocycles. The van der Waals surface area contributed by atoms with Crippen LogP contribution in [0.3, 0.4) is 0 Å². The van der Waals surface area contributed by atoms with E-state index in [9.17, 15) is 0 Å². The van der Waals surface area contributed by atoms with Crippen molar-refractivity contribution in [2.45, 2.75) is 0 Å². The second-order valence-corrected chi connectivity index (χ2v) is 27.9. The van der Waals surface area contributed by atoms with Crippen molar-refractivity contribution < 1.29 is 0 Å². The van der Waals surface area contributed by atoms with Crippen LogP contribution in [0.4, 0.5) is 0 Å². The molecule has 9 nitrogen and oxygen atoms in total. The van der Waals surface area contributed by atoms with E-state index in [0.29, 0.717) is 11.8 Å². The zero-order valence-electron chi connectivity index (χ0n) is 55.0. The van der Waals surface area contributed by atoms with Gasteiger partial charge < -0.3 is 8.80 Å². The Balaban J connectivity index is 0.715. The number of nitrogens with zero attached hydrogens (tertiary/aromatic N) is 9. The number of fused-ring (bicyclic) bond motifs is 31. The molecule has 0 atom stereocenters. The van der Waals surface area contributed by atoms with Gasteiger partial charge in [0.2, 0.25) is 5.95 Å². The highest BCUT2D eigenvalue weighted by molar-refractivity contribution is 6.38. The smallest absolute Gasteiger partial charge is 0.237 e. The molecule has 25 rings (SSSR count). The van der Waals surface area contributed by atoms with Gasteiger partial charge in [-0.15, -0.1) is 0 Å². The fourth-order valence-electron chi connectivity index (χ4n) is 18.7. The summed E-state index contributed by atoms with van der Waals surface area (Å²) in [7, 11) is 0. The van der Waals surface area contributed by atoms with Gasteiger partial charge in [0.25, 0.3) is 0 Å². The number of benzene rings is 16. The summed E-state index contributed by atoms with van der Waals surface area (Å²) < 4.78 is 12.3. The van der Waals surface area contributed by atoms with Gasteiger partial charge in [-0.1, -0.05) is 224 Å². The second kappa shape index (κ2) is 19.5. The van der Waals surface area contributed by atoms with Crippen molar-refractivity contribution in [2.24, 2.45) is 0 Å². The second-order valence-electron chi connectivity index (χ2n) is 27.9. The molecule has 0 fully saturated rings. The van der Waals surface area contributed by atoms with Gasteiger partial charge >= 0.3 is 0 Å². The Kier molecular flexibility index (Phi) is 10.2. The first-order valence-electron chi connectivity index (χ1n) is 35.3. The fraction of sp³-hybridized carbons (Fsp3) is 0. The van der Waals surface area contributed by atoms with Crippen molar-refractivity contribution >= 4 is 196 Å². The molecule has 0 saturated heterocycles. The number of aromatic nitrogens is 9. The van der Waals surface area contributed by atoms with E-state index in [1.807, 2.05) is 0 Å². The van der Waals surface area contributed by atoms with Crippen LogP contribution in [0.25, 0.3) is 236 Å². The lowest BCUT2D eigenvalue weighted by Crippen LogP contribution is -2.07. The molecule has 0 radical (unpaired) electrons. The molecule has 9 aromatic heterocycles. The molecular formula is C94H51N9. The Hall–Kier alpha value is -14.0. The van der Waals surface area contributed by atoms with E-state index in [1.165, 1.54) is 119 Å². The van der Waals surface area contributed by atoms with Crippen molar-refractivity contribution in [1.29, 1.82) is 0 Å². The van der Waals surface area contributed by atoms with Crippen molar-refractivity contribution in [3.8, 4) is 40.1 Å². The van der Waals surface area contributed by atoms with E-state index in [-0.39, 0.29) is 0 Å². The van der Waals surface area contributed by atoms with E-state index >= 15 is 0 Å². The van der Waals surface area contributed by atoms with E-state index < -0.39 is 0 Å². The SMILES string of the molecule is c1cc(-c2ccc3c(c2)c2cc4c5ccccc5n(-c5nc(-n6c7ccccc7c7c8ccccc8ccc76)nc6ccccc56)c4c4c5ccc6ccccc6c5n3c24)cc(-c2nc(-n3c4ccccc4c4cc5c6ccccc6n6c7c8ccccc8ccc7c(c43)c56)c3ccccc3n2)c1. The first-order valence-corrected chi connectivity index (χ1v) is 35.3. The summed E-state index contributed by atoms with van der Waals surface area (Å²) in [6.45, 7) is 0. The van der Waals surface area contributed by atoms with Gasteiger partial charge in [0, 0.05) is 103 Å². The maximum absolute atomic E-state index is 5.86. The van der Waals surface area contributed by atoms with Crippen molar-refractivity contribution in [2.75, 3.05) is 0 Å². The summed E-state index contributed by atoms with van der Waals surface area (Å²) in [5.74, 6) is 2.94. The lowest BCUT2D eigenvalue weighted by Gasteiger charge is -2.14. The van der Waals surface area contributed by atoms with Crippen LogP contribution in [0.1, 0.15) is 0 Å². The number of hydrogen-bond acceptors (Lipinski definition) is 4. The summed E-state index contributed by atoms with van der Waals surface area (Å²) >= 11 is 0. The molecular weight excluding hydrogens is 1260 g/mol. The van der Waals surface area contributed by atoms with E-state index in [1.54, 1.807) is 0 Å². The molecule has 0 aliphatic rings. The van der Waals surface area contributed by atoms with Crippen LogP contribution in [0.5, 0.6) is 0 Å². The minimum absolute atomic E-state index is 0.618. The third-order valence-electron chi connectivity index (χ3n) is 22.9. The van der Waals surface area contributed by atoms with Gasteiger partial charge in [-0.05, 0) is 118 Å². The molecule has 0 N–H and O–H groups in total. The molecule has 0 aliphatic heterocycles. The molecule has 25 aromatic rings. The summed E-state index contributed by atoms with van der Waals surface area (Å²) in [5, 5.41) is 25.9. The highest BCUT2D eigenvalue weighted by Gasteiger charge is 2.31. The normalized spacial score (nSPS) is 12.7. The summed E-state index contributed by atoms with van der Waals surface area (Å²) in [6, 6.07) is 113. The Labute approximate surface area is 584 Å². The van der Waals surface area contributed by atoms with Crippen molar-refractivity contribution in [3.63, 3.8) is 0 Å². The van der Waals surface area contributed by atoms with Crippen LogP contribution in [-0.2, 0) is 0 Å². The third-order valence-corrected chi connectivity index (χ3v) is 22.9. The predicted molar refractivity (Wildman–Crippen MR) is 428 cm³/mol. The lowest BCUT2D eigenvalue weighted by atomic mass is 9.98. The minimum Gasteiger partial charge on any atom is -0.307 e. The molecule has 9 heterocycles. The monoisotopic (exact) mass is 1310 g/mol. The third kappa shape index (κ3) is 6.90. The Morgan fingerprint density at radius 1 is 0.194 bits per heavy atom. The van der Waals surface area contributed by atoms with E-state index in [4.69, 9.17) is 19.9 Å². The lowest BCUT2D eigenvalue weighted by molar-refractivity contribution is 0.974. The zero-order valence-corrected chi connectivity index (χ0v) is 55.0. The molecule has 0 aliphatic carbocycles. The topological polar surface area (TPSA) is 75.2 Å². The number of rotatable bonds is 5. The van der Waals surface area contributed by atoms with Gasteiger partial charge in [0.15, 0.2) is 11.6 Å². The highest BCUT2D eigenvalue weighted by atomic mass is 15.2. The average Bonchev–Trinajstić information content (AvgIpc) is 1.52. The van der Waals surface area contributed by atoms with E-state index in [2.05, 4.69) is 332 Å². The predicted octanol–water partition coefficient (Wildman–Crippen LogP) is 24.0. The van der Waals surface area contributed by atoms with Crippen LogP contribution in [0, 0.1) is 0 Å². The van der Waals surface area contributed by atoms with E-state index in [0.717, 1.165) is 105 Å². The molecule has 9 heteroatoms. The molecule has 472 valence electrons. The van der Waals surface area contributed by atoms with Gasteiger partial charge in [0.05, 0.1) is 77.2 Å². The zero-order chi connectivity index (χ0) is 66.6. The van der Waals surface area contributed by atoms with Crippen LogP contribution < -0.4 is 0 Å². The maximum Gasteiger partial charge on any atom is 0.237 e. The Morgan fingerprint density at radius 2 is 0.621 bits per heavy atom. The van der Waals surface area contributed by atoms with Crippen LogP contribution in [0.15, 0.2) is 309 Å². The molecule has 0 spiro atoms. The number of para-hydroxylation sites is 6. The van der Waals surface area contributed by atoms with Gasteiger partial charge in [-0.2, -0.15) is 4.98 Å². The van der Waals surface area contributed by atoms with Crippen LogP contribution in [-0.4, -0.2) is 42.4 Å². The standard InChI is InChI=1S/C94H51N9/c1-4-25-58-52(20-1)42-47-81-82(58)66-33-12-18-39-79(66)99(81)94-96-75-35-14-8-32-65(75)93(98-94)103-78-38-17-11-30-63(78)72-51-73-69-49-56(43-46-80(69)101-86-60-27-6-3-22-54(60)41-45-68(86)84(88(73)101)90(72)103)55-23-19-24-57(48-55)91-95-74-34-13-7-31-64(74)92(97-91)102-77-37-16-10-29-62(77)71-50-70-61-28-9-15-36-76(61)100-85-59-26-5-2-21-53(59)40-44-67(85)83(87(70)100)89(71)102/h1-51H. The van der Waals surface area contributed by atoms with Crippen molar-refractivity contribution in [1.82, 2.24) is 42.4 Å². The summed E-state index contributed by atoms with van der Waals surface area (Å²) in [5.41, 5.74) is 18.5. The Bertz CT molecular complexity index is 8140. The van der Waals surface area contributed by atoms with Crippen LogP contribution >= 0.6 is 0 Å². The minimum atomic E-state index is 0.618. The van der Waals surface area contributed by atoms with Crippen LogP contribution in [0.2, 0.25) is 0 Å². The van der Waals surface area contributed by atoms with Crippen molar-refractivity contribution in [3.05, 3.63) is 309 Å². The first-order chi connectivity index (χ1) is 51.1. The van der Waals surface area contributed by atoms with Gasteiger partial charge in [0.1, 0.15) is 5.82 Å². The molecule has 0 bridgehead atoms. The highest BCUT2D eigenvalue weighted by Crippen LogP contribution is 2.52.